The molecular weight excluding hydrogens is 422 g/mol. The van der Waals surface area contributed by atoms with E-state index < -0.39 is 0 Å². The van der Waals surface area contributed by atoms with Gasteiger partial charge in [-0.15, -0.1) is 0 Å². The number of carbonyl (C=O) groups excluding carboxylic acids is 1. The summed E-state index contributed by atoms with van der Waals surface area (Å²) in [6, 6.07) is 9.58. The predicted octanol–water partition coefficient (Wildman–Crippen LogP) is 3.10. The molecule has 2 fully saturated rings. The van der Waals surface area contributed by atoms with Crippen molar-refractivity contribution >= 4 is 17.8 Å². The van der Waals surface area contributed by atoms with Crippen LogP contribution >= 0.6 is 0 Å². The summed E-state index contributed by atoms with van der Waals surface area (Å²) in [5.41, 5.74) is 1.75. The van der Waals surface area contributed by atoms with E-state index in [0.717, 1.165) is 54.5 Å². The first-order valence-corrected chi connectivity index (χ1v) is 11.1. The monoisotopic (exact) mass is 445 g/mol. The Hall–Kier alpha value is -3.88. The fraction of sp³-hybridized carbons (Fsp3) is 0.333. The van der Waals surface area contributed by atoms with Gasteiger partial charge in [-0.1, -0.05) is 11.2 Å². The van der Waals surface area contributed by atoms with Gasteiger partial charge < -0.3 is 23.8 Å². The summed E-state index contributed by atoms with van der Waals surface area (Å²) in [5.74, 6) is 4.07. The molecule has 0 unspecified atom stereocenters. The Bertz CT molecular complexity index is 1190. The molecule has 9 nitrogen and oxygen atoms in total. The third-order valence-corrected chi connectivity index (χ3v) is 6.10. The lowest BCUT2D eigenvalue weighted by atomic mass is 10.2. The molecule has 168 valence electrons. The second-order valence-electron chi connectivity index (χ2n) is 8.39. The molecule has 9 heteroatoms. The first-order chi connectivity index (χ1) is 16.2. The maximum absolute atomic E-state index is 12.6. The normalized spacial score (nSPS) is 17.7. The van der Waals surface area contributed by atoms with Crippen molar-refractivity contribution in [2.75, 3.05) is 37.9 Å². The average molecular weight is 445 g/mol. The molecule has 0 spiro atoms. The number of amides is 1. The zero-order valence-electron chi connectivity index (χ0n) is 18.0. The van der Waals surface area contributed by atoms with Gasteiger partial charge in [0.1, 0.15) is 5.82 Å². The van der Waals surface area contributed by atoms with Crippen LogP contribution in [0.4, 0.5) is 5.82 Å². The van der Waals surface area contributed by atoms with Crippen molar-refractivity contribution in [3.63, 3.8) is 0 Å². The van der Waals surface area contributed by atoms with Crippen LogP contribution in [0, 0.1) is 0 Å². The number of benzene rings is 1. The smallest absolute Gasteiger partial charge is 0.246 e. The molecule has 6 rings (SSSR count). The van der Waals surface area contributed by atoms with Crippen LogP contribution in [0.25, 0.3) is 17.5 Å². The number of pyridine rings is 1. The highest BCUT2D eigenvalue weighted by Crippen LogP contribution is 2.39. The van der Waals surface area contributed by atoms with Gasteiger partial charge in [-0.3, -0.25) is 4.79 Å². The Labute approximate surface area is 190 Å². The van der Waals surface area contributed by atoms with E-state index >= 15 is 0 Å². The SMILES string of the molecule is O=C(/C=C\c1ccc2c(c1)OCO2)N1CCN(c2ccc(-c3noc(C4CC4)n3)cn2)CC1. The standard InChI is InChI=1S/C24H23N5O4/c30-22(8-2-16-1-6-19-20(13-16)32-15-31-19)29-11-9-28(10-12-29)21-7-5-18(14-25-21)23-26-24(33-27-23)17-3-4-17/h1-2,5-8,13-14,17H,3-4,9-12,15H2/b8-2-. The van der Waals surface area contributed by atoms with Crippen molar-refractivity contribution in [2.24, 2.45) is 0 Å². The molecule has 1 amide bonds. The summed E-state index contributed by atoms with van der Waals surface area (Å²) >= 11 is 0. The van der Waals surface area contributed by atoms with E-state index in [1.807, 2.05) is 41.3 Å². The topological polar surface area (TPSA) is 93.8 Å². The zero-order chi connectivity index (χ0) is 22.2. The van der Waals surface area contributed by atoms with E-state index in [2.05, 4.69) is 20.0 Å². The van der Waals surface area contributed by atoms with E-state index in [9.17, 15) is 4.79 Å². The second kappa shape index (κ2) is 8.23. The van der Waals surface area contributed by atoms with Crippen LogP contribution in [0.2, 0.25) is 0 Å². The molecular formula is C24H23N5O4. The second-order valence-corrected chi connectivity index (χ2v) is 8.39. The van der Waals surface area contributed by atoms with Gasteiger partial charge in [0, 0.05) is 49.9 Å². The molecule has 0 radical (unpaired) electrons. The molecule has 33 heavy (non-hydrogen) atoms. The first-order valence-electron chi connectivity index (χ1n) is 11.1. The van der Waals surface area contributed by atoms with Crippen LogP contribution < -0.4 is 14.4 Å². The minimum absolute atomic E-state index is 0.000743. The van der Waals surface area contributed by atoms with Gasteiger partial charge in [0.25, 0.3) is 0 Å². The lowest BCUT2D eigenvalue weighted by Gasteiger charge is -2.35. The Balaban J connectivity index is 1.04. The number of carbonyl (C=O) groups is 1. The van der Waals surface area contributed by atoms with E-state index in [1.54, 1.807) is 12.3 Å². The molecule has 1 aromatic carbocycles. The minimum atomic E-state index is -0.000743. The van der Waals surface area contributed by atoms with Gasteiger partial charge in [0.05, 0.1) is 0 Å². The molecule has 0 N–H and O–H groups in total. The van der Waals surface area contributed by atoms with Gasteiger partial charge in [0.15, 0.2) is 11.5 Å². The van der Waals surface area contributed by atoms with E-state index in [4.69, 9.17) is 14.0 Å². The van der Waals surface area contributed by atoms with E-state index in [0.29, 0.717) is 30.6 Å². The molecule has 1 saturated carbocycles. The van der Waals surface area contributed by atoms with Crippen molar-refractivity contribution in [3.8, 4) is 22.9 Å². The summed E-state index contributed by atoms with van der Waals surface area (Å²) in [6.45, 7) is 2.97. The van der Waals surface area contributed by atoms with Crippen molar-refractivity contribution in [1.82, 2.24) is 20.0 Å². The zero-order valence-corrected chi connectivity index (χ0v) is 18.0. The largest absolute Gasteiger partial charge is 0.454 e. The number of anilines is 1. The Kier molecular flexibility index (Phi) is 4.93. The minimum Gasteiger partial charge on any atom is -0.454 e. The first kappa shape index (κ1) is 19.8. The van der Waals surface area contributed by atoms with Gasteiger partial charge >= 0.3 is 0 Å². The molecule has 4 heterocycles. The summed E-state index contributed by atoms with van der Waals surface area (Å²) in [6.07, 6.45) is 7.45. The number of aromatic nitrogens is 3. The summed E-state index contributed by atoms with van der Waals surface area (Å²) in [5, 5.41) is 4.07. The lowest BCUT2D eigenvalue weighted by Crippen LogP contribution is -2.48. The summed E-state index contributed by atoms with van der Waals surface area (Å²) in [7, 11) is 0. The third kappa shape index (κ3) is 4.13. The van der Waals surface area contributed by atoms with Gasteiger partial charge in [-0.2, -0.15) is 4.98 Å². The highest BCUT2D eigenvalue weighted by atomic mass is 16.7. The highest BCUT2D eigenvalue weighted by molar-refractivity contribution is 5.92. The molecule has 3 aromatic rings. The molecule has 3 aliphatic rings. The number of fused-ring (bicyclic) bond motifs is 1. The Morgan fingerprint density at radius 3 is 2.67 bits per heavy atom. The van der Waals surface area contributed by atoms with Crippen molar-refractivity contribution in [1.29, 1.82) is 0 Å². The lowest BCUT2D eigenvalue weighted by molar-refractivity contribution is -0.126. The van der Waals surface area contributed by atoms with Crippen LogP contribution in [0.1, 0.15) is 30.2 Å². The van der Waals surface area contributed by atoms with Crippen molar-refractivity contribution in [2.45, 2.75) is 18.8 Å². The van der Waals surface area contributed by atoms with E-state index in [1.165, 1.54) is 0 Å². The number of nitrogens with zero attached hydrogens (tertiary/aromatic N) is 5. The fourth-order valence-corrected chi connectivity index (χ4v) is 4.00. The van der Waals surface area contributed by atoms with Crippen LogP contribution in [0.5, 0.6) is 11.5 Å². The number of hydrogen-bond donors (Lipinski definition) is 0. The molecule has 2 aliphatic heterocycles. The molecule has 0 bridgehead atoms. The number of ether oxygens (including phenoxy) is 2. The summed E-state index contributed by atoms with van der Waals surface area (Å²) < 4.78 is 16.0. The number of piperazine rings is 1. The quantitative estimate of drug-likeness (QED) is 0.553. The molecule has 1 aliphatic carbocycles. The highest BCUT2D eigenvalue weighted by Gasteiger charge is 2.30. The van der Waals surface area contributed by atoms with Crippen molar-refractivity contribution < 1.29 is 18.8 Å². The predicted molar refractivity (Wildman–Crippen MR) is 120 cm³/mol. The Morgan fingerprint density at radius 2 is 1.88 bits per heavy atom. The van der Waals surface area contributed by atoms with Crippen LogP contribution in [0.3, 0.4) is 0 Å². The Morgan fingerprint density at radius 1 is 1.03 bits per heavy atom. The summed E-state index contributed by atoms with van der Waals surface area (Å²) in [4.78, 5) is 25.7. The number of hydrogen-bond acceptors (Lipinski definition) is 8. The average Bonchev–Trinajstić information content (AvgIpc) is 3.40. The fourth-order valence-electron chi connectivity index (χ4n) is 4.00. The third-order valence-electron chi connectivity index (χ3n) is 6.10. The van der Waals surface area contributed by atoms with Gasteiger partial charge in [-0.05, 0) is 48.7 Å². The number of rotatable bonds is 5. The van der Waals surface area contributed by atoms with E-state index in [-0.39, 0.29) is 12.7 Å². The molecule has 0 atom stereocenters. The van der Waals surface area contributed by atoms with Crippen molar-refractivity contribution in [3.05, 3.63) is 54.1 Å². The molecule has 2 aromatic heterocycles. The maximum Gasteiger partial charge on any atom is 0.246 e. The van der Waals surface area contributed by atoms with Gasteiger partial charge in [-0.25, -0.2) is 4.98 Å². The maximum atomic E-state index is 12.6. The van der Waals surface area contributed by atoms with Crippen LogP contribution in [-0.2, 0) is 4.79 Å². The molecule has 1 saturated heterocycles. The van der Waals surface area contributed by atoms with Crippen LogP contribution in [-0.4, -0.2) is 58.9 Å². The van der Waals surface area contributed by atoms with Crippen LogP contribution in [0.15, 0.2) is 47.1 Å². The van der Waals surface area contributed by atoms with Gasteiger partial charge in [0.2, 0.25) is 24.4 Å².